The van der Waals surface area contributed by atoms with Crippen LogP contribution in [-0.4, -0.2) is 21.8 Å². The van der Waals surface area contributed by atoms with Gasteiger partial charge in [-0.1, -0.05) is 0 Å². The summed E-state index contributed by atoms with van der Waals surface area (Å²) in [6, 6.07) is 1.43. The van der Waals surface area contributed by atoms with Crippen molar-refractivity contribution < 1.29 is 4.74 Å². The van der Waals surface area contributed by atoms with Crippen LogP contribution in [0.5, 0.6) is 0 Å². The number of ether oxygens (including phenoxy) is 1. The second kappa shape index (κ2) is 4.65. The number of hydrogen-bond acceptors (Lipinski definition) is 3. The highest BCUT2D eigenvalue weighted by Gasteiger charge is 2.18. The van der Waals surface area contributed by atoms with Gasteiger partial charge in [-0.2, -0.15) is 0 Å². The van der Waals surface area contributed by atoms with Crippen molar-refractivity contribution in [2.45, 2.75) is 39.0 Å². The molecule has 1 aliphatic heterocycles. The predicted molar refractivity (Wildman–Crippen MR) is 59.6 cm³/mol. The molecule has 0 amide bonds. The Bertz CT molecular complexity index is 469. The summed E-state index contributed by atoms with van der Waals surface area (Å²) in [6.07, 6.45) is 3.48. The van der Waals surface area contributed by atoms with Gasteiger partial charge in [-0.25, -0.2) is 4.79 Å². The Morgan fingerprint density at radius 3 is 2.94 bits per heavy atom. The minimum Gasteiger partial charge on any atom is -0.376 e. The Hall–Kier alpha value is -1.36. The van der Waals surface area contributed by atoms with Gasteiger partial charge in [0.2, 0.25) is 0 Å². The zero-order chi connectivity index (χ0) is 11.5. The molecule has 0 aliphatic carbocycles. The first kappa shape index (κ1) is 11.1. The molecule has 5 heteroatoms. The lowest BCUT2D eigenvalue weighted by atomic mass is 10.2. The fraction of sp³-hybridized carbons (Fsp3) is 0.636. The number of aromatic nitrogens is 2. The van der Waals surface area contributed by atoms with Crippen molar-refractivity contribution in [2.75, 3.05) is 6.61 Å². The van der Waals surface area contributed by atoms with Gasteiger partial charge in [0.15, 0.2) is 0 Å². The molecule has 1 atom stereocenters. The summed E-state index contributed by atoms with van der Waals surface area (Å²) in [7, 11) is 0. The van der Waals surface area contributed by atoms with Gasteiger partial charge >= 0.3 is 5.69 Å². The second-order valence-corrected chi connectivity index (χ2v) is 3.97. The summed E-state index contributed by atoms with van der Waals surface area (Å²) in [5, 5.41) is 0. The van der Waals surface area contributed by atoms with Crippen LogP contribution in [0.1, 0.15) is 19.8 Å². The molecule has 0 radical (unpaired) electrons. The lowest BCUT2D eigenvalue weighted by molar-refractivity contribution is 0.0946. The Morgan fingerprint density at radius 1 is 1.50 bits per heavy atom. The van der Waals surface area contributed by atoms with Gasteiger partial charge in [0, 0.05) is 25.4 Å². The van der Waals surface area contributed by atoms with Gasteiger partial charge in [-0.3, -0.25) is 9.36 Å². The Balaban J connectivity index is 2.31. The summed E-state index contributed by atoms with van der Waals surface area (Å²) < 4.78 is 8.22. The maximum Gasteiger partial charge on any atom is 0.331 e. The van der Waals surface area contributed by atoms with Crippen LogP contribution in [0.3, 0.4) is 0 Å². The maximum absolute atomic E-state index is 11.9. The summed E-state index contributed by atoms with van der Waals surface area (Å²) in [5.41, 5.74) is -0.490. The van der Waals surface area contributed by atoms with Crippen molar-refractivity contribution in [3.05, 3.63) is 33.1 Å². The minimum absolute atomic E-state index is 0.0121. The molecular formula is C11H16N2O3. The van der Waals surface area contributed by atoms with E-state index in [-0.39, 0.29) is 17.4 Å². The van der Waals surface area contributed by atoms with E-state index in [4.69, 9.17) is 4.74 Å². The molecule has 1 aliphatic rings. The zero-order valence-corrected chi connectivity index (χ0v) is 9.39. The molecule has 1 aromatic rings. The van der Waals surface area contributed by atoms with Gasteiger partial charge in [0.25, 0.3) is 5.56 Å². The summed E-state index contributed by atoms with van der Waals surface area (Å²) in [4.78, 5) is 23.5. The van der Waals surface area contributed by atoms with E-state index in [0.29, 0.717) is 13.1 Å². The molecule has 5 nitrogen and oxygen atoms in total. The summed E-state index contributed by atoms with van der Waals surface area (Å²) in [5.74, 6) is 0. The molecule has 2 heterocycles. The molecular weight excluding hydrogens is 208 g/mol. The monoisotopic (exact) mass is 224 g/mol. The smallest absolute Gasteiger partial charge is 0.331 e. The molecule has 2 rings (SSSR count). The van der Waals surface area contributed by atoms with E-state index in [1.54, 1.807) is 0 Å². The van der Waals surface area contributed by atoms with E-state index in [9.17, 15) is 9.59 Å². The number of aryl methyl sites for hydroxylation is 1. The Morgan fingerprint density at radius 2 is 2.31 bits per heavy atom. The van der Waals surface area contributed by atoms with Crippen LogP contribution in [0, 0.1) is 0 Å². The molecule has 1 fully saturated rings. The first-order valence-corrected chi connectivity index (χ1v) is 5.64. The molecule has 1 aromatic heterocycles. The van der Waals surface area contributed by atoms with Crippen LogP contribution < -0.4 is 11.2 Å². The van der Waals surface area contributed by atoms with Gasteiger partial charge in [0.1, 0.15) is 0 Å². The normalized spacial score (nSPS) is 20.2. The van der Waals surface area contributed by atoms with E-state index < -0.39 is 0 Å². The van der Waals surface area contributed by atoms with Gasteiger partial charge < -0.3 is 9.30 Å². The number of rotatable bonds is 3. The van der Waals surface area contributed by atoms with Gasteiger partial charge in [-0.05, 0) is 19.8 Å². The van der Waals surface area contributed by atoms with Crippen molar-refractivity contribution in [1.82, 2.24) is 9.13 Å². The molecule has 16 heavy (non-hydrogen) atoms. The van der Waals surface area contributed by atoms with Crippen LogP contribution >= 0.6 is 0 Å². The van der Waals surface area contributed by atoms with Crippen LogP contribution in [0.2, 0.25) is 0 Å². The fourth-order valence-corrected chi connectivity index (χ4v) is 1.96. The van der Waals surface area contributed by atoms with E-state index in [0.717, 1.165) is 19.4 Å². The molecule has 0 aromatic carbocycles. The first-order valence-electron chi connectivity index (χ1n) is 5.64. The highest BCUT2D eigenvalue weighted by Crippen LogP contribution is 2.12. The predicted octanol–water partition coefficient (Wildman–Crippen LogP) is 0.209. The third kappa shape index (κ3) is 2.09. The van der Waals surface area contributed by atoms with E-state index in [1.807, 2.05) is 6.92 Å². The zero-order valence-electron chi connectivity index (χ0n) is 9.39. The summed E-state index contributed by atoms with van der Waals surface area (Å²) in [6.45, 7) is 3.56. The van der Waals surface area contributed by atoms with Gasteiger partial charge in [-0.15, -0.1) is 0 Å². The van der Waals surface area contributed by atoms with Crippen molar-refractivity contribution in [1.29, 1.82) is 0 Å². The lowest BCUT2D eigenvalue weighted by Gasteiger charge is -2.12. The van der Waals surface area contributed by atoms with Crippen LogP contribution in [-0.2, 0) is 17.8 Å². The minimum atomic E-state index is -0.245. The lowest BCUT2D eigenvalue weighted by Crippen LogP contribution is -2.41. The topological polar surface area (TPSA) is 53.2 Å². The maximum atomic E-state index is 11.9. The van der Waals surface area contributed by atoms with Gasteiger partial charge in [0.05, 0.1) is 12.6 Å². The largest absolute Gasteiger partial charge is 0.376 e. The van der Waals surface area contributed by atoms with Crippen molar-refractivity contribution >= 4 is 0 Å². The van der Waals surface area contributed by atoms with E-state index in [1.165, 1.54) is 21.4 Å². The summed E-state index contributed by atoms with van der Waals surface area (Å²) >= 11 is 0. The highest BCUT2D eigenvalue weighted by atomic mass is 16.5. The average molecular weight is 224 g/mol. The van der Waals surface area contributed by atoms with E-state index >= 15 is 0 Å². The quantitative estimate of drug-likeness (QED) is 0.737. The average Bonchev–Trinajstić information content (AvgIpc) is 2.77. The van der Waals surface area contributed by atoms with Crippen LogP contribution in [0.15, 0.2) is 21.9 Å². The molecule has 0 saturated carbocycles. The third-order valence-electron chi connectivity index (χ3n) is 2.89. The molecule has 1 unspecified atom stereocenters. The molecule has 1 saturated heterocycles. The third-order valence-corrected chi connectivity index (χ3v) is 2.89. The SMILES string of the molecule is CCn1ccc(=O)n(CC2CCCO2)c1=O. The second-order valence-electron chi connectivity index (χ2n) is 3.97. The first-order chi connectivity index (χ1) is 7.72. The van der Waals surface area contributed by atoms with Crippen molar-refractivity contribution in [3.8, 4) is 0 Å². The number of hydrogen-bond donors (Lipinski definition) is 0. The number of nitrogens with zero attached hydrogens (tertiary/aromatic N) is 2. The molecule has 88 valence electrons. The van der Waals surface area contributed by atoms with Crippen molar-refractivity contribution in [2.24, 2.45) is 0 Å². The fourth-order valence-electron chi connectivity index (χ4n) is 1.96. The van der Waals surface area contributed by atoms with Crippen LogP contribution in [0.25, 0.3) is 0 Å². The standard InChI is InChI=1S/C11H16N2O3/c1-2-12-6-5-10(14)13(11(12)15)8-9-4-3-7-16-9/h5-6,9H,2-4,7-8H2,1H3. The molecule has 0 N–H and O–H groups in total. The molecule has 0 spiro atoms. The Kier molecular flexibility index (Phi) is 3.24. The van der Waals surface area contributed by atoms with E-state index in [2.05, 4.69) is 0 Å². The van der Waals surface area contributed by atoms with Crippen LogP contribution in [0.4, 0.5) is 0 Å². The highest BCUT2D eigenvalue weighted by molar-refractivity contribution is 4.87. The Labute approximate surface area is 93.3 Å². The van der Waals surface area contributed by atoms with Crippen molar-refractivity contribution in [3.63, 3.8) is 0 Å². The molecule has 0 bridgehead atoms.